The van der Waals surface area contributed by atoms with Crippen molar-refractivity contribution in [2.45, 2.75) is 6.92 Å². The van der Waals surface area contributed by atoms with E-state index < -0.39 is 0 Å². The Hall–Kier alpha value is -1.62. The summed E-state index contributed by atoms with van der Waals surface area (Å²) in [7, 11) is 1.70. The Bertz CT molecular complexity index is 390. The summed E-state index contributed by atoms with van der Waals surface area (Å²) in [5.41, 5.74) is 4.08. The first-order valence-corrected chi connectivity index (χ1v) is 4.85. The molecule has 0 unspecified atom stereocenters. The number of aromatic hydroxyl groups is 1. The maximum atomic E-state index is 9.65. The van der Waals surface area contributed by atoms with Gasteiger partial charge in [-0.2, -0.15) is 5.10 Å². The third-order valence-corrected chi connectivity index (χ3v) is 2.16. The minimum Gasteiger partial charge on any atom is -0.507 e. The summed E-state index contributed by atoms with van der Waals surface area (Å²) in [6.45, 7) is 1.83. The molecule has 0 heterocycles. The van der Waals surface area contributed by atoms with Gasteiger partial charge in [0, 0.05) is 12.6 Å². The quantitative estimate of drug-likeness (QED) is 0.399. The number of nitrogens with zero attached hydrogens (tertiary/aromatic N) is 1. The molecule has 0 radical (unpaired) electrons. The van der Waals surface area contributed by atoms with Crippen LogP contribution in [0.25, 0.3) is 0 Å². The molecule has 0 bridgehead atoms. The first-order chi connectivity index (χ1) is 7.15. The second kappa shape index (κ2) is 5.31. The van der Waals surface area contributed by atoms with E-state index >= 15 is 0 Å². The molecular weight excluding hydrogens is 210 g/mol. The lowest BCUT2D eigenvalue weighted by Gasteiger charge is -2.02. The molecule has 0 atom stereocenters. The van der Waals surface area contributed by atoms with Crippen molar-refractivity contribution < 1.29 is 5.11 Å². The lowest BCUT2D eigenvalue weighted by Crippen LogP contribution is -2.28. The lowest BCUT2D eigenvalue weighted by atomic mass is 10.1. The average molecular weight is 223 g/mol. The summed E-state index contributed by atoms with van der Waals surface area (Å²) in [6.07, 6.45) is 1.52. The molecule has 15 heavy (non-hydrogen) atoms. The van der Waals surface area contributed by atoms with E-state index in [1.807, 2.05) is 19.1 Å². The van der Waals surface area contributed by atoms with E-state index in [0.717, 1.165) is 5.56 Å². The zero-order valence-corrected chi connectivity index (χ0v) is 9.43. The fourth-order valence-electron chi connectivity index (χ4n) is 1.00. The highest BCUT2D eigenvalue weighted by molar-refractivity contribution is 7.80. The van der Waals surface area contributed by atoms with E-state index in [1.165, 1.54) is 6.21 Å². The van der Waals surface area contributed by atoms with E-state index in [1.54, 1.807) is 13.1 Å². The number of rotatable bonds is 2. The van der Waals surface area contributed by atoms with Crippen LogP contribution in [0.2, 0.25) is 0 Å². The number of hydrogen-bond donors (Lipinski definition) is 3. The number of thiocarbonyl (C=S) groups is 1. The van der Waals surface area contributed by atoms with Gasteiger partial charge in [0.25, 0.3) is 0 Å². The third-order valence-electron chi connectivity index (χ3n) is 1.87. The van der Waals surface area contributed by atoms with Crippen LogP contribution in [0, 0.1) is 6.92 Å². The summed E-state index contributed by atoms with van der Waals surface area (Å²) in [6, 6.07) is 5.46. The van der Waals surface area contributed by atoms with Gasteiger partial charge in [-0.15, -0.1) is 0 Å². The van der Waals surface area contributed by atoms with Crippen LogP contribution in [-0.4, -0.2) is 23.5 Å². The van der Waals surface area contributed by atoms with Crippen LogP contribution in [0.5, 0.6) is 5.75 Å². The number of para-hydroxylation sites is 1. The van der Waals surface area contributed by atoms with Crippen LogP contribution in [0.3, 0.4) is 0 Å². The van der Waals surface area contributed by atoms with Crippen LogP contribution in [0.4, 0.5) is 0 Å². The van der Waals surface area contributed by atoms with Gasteiger partial charge in [0.1, 0.15) is 5.75 Å². The number of hydrazone groups is 1. The number of phenols is 1. The van der Waals surface area contributed by atoms with Crippen LogP contribution < -0.4 is 10.7 Å². The number of phenolic OH excluding ortho intramolecular Hbond substituents is 1. The highest BCUT2D eigenvalue weighted by Crippen LogP contribution is 2.19. The van der Waals surface area contributed by atoms with Gasteiger partial charge in [0.15, 0.2) is 5.11 Å². The van der Waals surface area contributed by atoms with Crippen molar-refractivity contribution in [3.63, 3.8) is 0 Å². The minimum absolute atomic E-state index is 0.235. The molecule has 0 aromatic heterocycles. The van der Waals surface area contributed by atoms with Gasteiger partial charge in [0.2, 0.25) is 0 Å². The van der Waals surface area contributed by atoms with Gasteiger partial charge in [-0.1, -0.05) is 12.1 Å². The van der Waals surface area contributed by atoms with Crippen LogP contribution in [0.1, 0.15) is 11.1 Å². The molecule has 3 N–H and O–H groups in total. The molecule has 0 aliphatic rings. The van der Waals surface area contributed by atoms with Crippen molar-refractivity contribution >= 4 is 23.5 Å². The molecular formula is C10H13N3OS. The highest BCUT2D eigenvalue weighted by Gasteiger charge is 1.99. The molecule has 0 spiro atoms. The molecule has 0 aliphatic carbocycles. The van der Waals surface area contributed by atoms with Gasteiger partial charge >= 0.3 is 0 Å². The smallest absolute Gasteiger partial charge is 0.186 e. The third kappa shape index (κ3) is 3.21. The molecule has 0 saturated carbocycles. The molecule has 80 valence electrons. The number of aryl methyl sites for hydroxylation is 1. The van der Waals surface area contributed by atoms with E-state index in [9.17, 15) is 5.11 Å². The van der Waals surface area contributed by atoms with Crippen molar-refractivity contribution in [3.05, 3.63) is 29.3 Å². The first-order valence-electron chi connectivity index (χ1n) is 4.44. The Morgan fingerprint density at radius 2 is 2.27 bits per heavy atom. The van der Waals surface area contributed by atoms with Gasteiger partial charge in [-0.3, -0.25) is 5.43 Å². The van der Waals surface area contributed by atoms with E-state index in [0.29, 0.717) is 10.7 Å². The second-order valence-electron chi connectivity index (χ2n) is 2.96. The maximum absolute atomic E-state index is 9.65. The number of hydrogen-bond acceptors (Lipinski definition) is 3. The van der Waals surface area contributed by atoms with Crippen molar-refractivity contribution in [3.8, 4) is 5.75 Å². The zero-order chi connectivity index (χ0) is 11.3. The van der Waals surface area contributed by atoms with E-state index in [2.05, 4.69) is 15.8 Å². The predicted molar refractivity (Wildman–Crippen MR) is 65.2 cm³/mol. The normalized spacial score (nSPS) is 10.3. The van der Waals surface area contributed by atoms with Crippen molar-refractivity contribution in [2.75, 3.05) is 7.05 Å². The van der Waals surface area contributed by atoms with Crippen molar-refractivity contribution in [1.82, 2.24) is 10.7 Å². The minimum atomic E-state index is 0.235. The summed E-state index contributed by atoms with van der Waals surface area (Å²) in [5.74, 6) is 0.235. The molecule has 0 saturated heterocycles. The fraction of sp³-hybridized carbons (Fsp3) is 0.200. The molecule has 0 amide bonds. The first kappa shape index (κ1) is 11.5. The van der Waals surface area contributed by atoms with Gasteiger partial charge in [-0.25, -0.2) is 0 Å². The van der Waals surface area contributed by atoms with E-state index in [4.69, 9.17) is 12.2 Å². The Kier molecular flexibility index (Phi) is 4.05. The second-order valence-corrected chi connectivity index (χ2v) is 3.37. The maximum Gasteiger partial charge on any atom is 0.186 e. The molecule has 1 aromatic carbocycles. The Labute approximate surface area is 94.0 Å². The Morgan fingerprint density at radius 3 is 2.93 bits per heavy atom. The summed E-state index contributed by atoms with van der Waals surface area (Å²) in [5, 5.41) is 16.7. The highest BCUT2D eigenvalue weighted by atomic mass is 32.1. The summed E-state index contributed by atoms with van der Waals surface area (Å²) < 4.78 is 0. The summed E-state index contributed by atoms with van der Waals surface area (Å²) in [4.78, 5) is 0. The molecule has 0 fully saturated rings. The van der Waals surface area contributed by atoms with Gasteiger partial charge in [0.05, 0.1) is 6.21 Å². The monoisotopic (exact) mass is 223 g/mol. The van der Waals surface area contributed by atoms with Crippen molar-refractivity contribution in [2.24, 2.45) is 5.10 Å². The van der Waals surface area contributed by atoms with Crippen LogP contribution in [0.15, 0.2) is 23.3 Å². The largest absolute Gasteiger partial charge is 0.507 e. The molecule has 4 nitrogen and oxygen atoms in total. The van der Waals surface area contributed by atoms with Crippen LogP contribution in [-0.2, 0) is 0 Å². The molecule has 1 aromatic rings. The standard InChI is InChI=1S/C10H13N3OS/c1-7-4-3-5-8(9(7)14)6-12-13-10(15)11-2/h3-6,14H,1-2H3,(H2,11,13,15)/b12-6+. The topological polar surface area (TPSA) is 56.7 Å². The van der Waals surface area contributed by atoms with E-state index in [-0.39, 0.29) is 5.75 Å². The van der Waals surface area contributed by atoms with Gasteiger partial charge in [-0.05, 0) is 30.8 Å². The zero-order valence-electron chi connectivity index (χ0n) is 8.61. The Morgan fingerprint density at radius 1 is 1.53 bits per heavy atom. The van der Waals surface area contributed by atoms with Crippen LogP contribution >= 0.6 is 12.2 Å². The van der Waals surface area contributed by atoms with Crippen molar-refractivity contribution in [1.29, 1.82) is 0 Å². The SMILES string of the molecule is CNC(=S)N/N=C/c1cccc(C)c1O. The molecule has 0 aliphatic heterocycles. The van der Waals surface area contributed by atoms with Gasteiger partial charge < -0.3 is 10.4 Å². The number of benzene rings is 1. The predicted octanol–water partition coefficient (Wildman–Crippen LogP) is 1.13. The number of nitrogens with one attached hydrogen (secondary N) is 2. The summed E-state index contributed by atoms with van der Waals surface area (Å²) >= 11 is 4.83. The average Bonchev–Trinajstić information content (AvgIpc) is 2.24. The molecule has 1 rings (SSSR count). The molecule has 5 heteroatoms. The lowest BCUT2D eigenvalue weighted by molar-refractivity contribution is 0.470. The Balaban J connectivity index is 2.72. The fourth-order valence-corrected chi connectivity index (χ4v) is 1.05.